The largest absolute Gasteiger partial charge is 0.469 e. The van der Waals surface area contributed by atoms with Gasteiger partial charge in [-0.2, -0.15) is 0 Å². The zero-order valence-corrected chi connectivity index (χ0v) is 15.1. The summed E-state index contributed by atoms with van der Waals surface area (Å²) in [6, 6.07) is 0. The Labute approximate surface area is 134 Å². The molecule has 0 aromatic heterocycles. The van der Waals surface area contributed by atoms with Gasteiger partial charge in [-0.3, -0.25) is 9.59 Å². The molecule has 22 heavy (non-hydrogen) atoms. The molecule has 0 radical (unpaired) electrons. The lowest BCUT2D eigenvalue weighted by atomic mass is 9.72. The number of hydrogen-bond acceptors (Lipinski definition) is 4. The molecule has 4 nitrogen and oxygen atoms in total. The summed E-state index contributed by atoms with van der Waals surface area (Å²) in [4.78, 5) is 24.8. The van der Waals surface area contributed by atoms with Gasteiger partial charge < -0.3 is 9.47 Å². The second kappa shape index (κ2) is 7.01. The number of rotatable bonds is 7. The van der Waals surface area contributed by atoms with Crippen molar-refractivity contribution in [1.82, 2.24) is 0 Å². The van der Waals surface area contributed by atoms with E-state index in [9.17, 15) is 9.59 Å². The number of methoxy groups -OCH3 is 1. The van der Waals surface area contributed by atoms with Crippen LogP contribution in [0.15, 0.2) is 0 Å². The summed E-state index contributed by atoms with van der Waals surface area (Å²) in [5, 5.41) is 0. The third kappa shape index (κ3) is 4.02. The first-order valence-corrected chi connectivity index (χ1v) is 8.46. The highest BCUT2D eigenvalue weighted by molar-refractivity contribution is 5.80. The lowest BCUT2D eigenvalue weighted by molar-refractivity contribution is -0.174. The Kier molecular flexibility index (Phi) is 6.05. The molecule has 0 aliphatic heterocycles. The van der Waals surface area contributed by atoms with Crippen LogP contribution in [0.2, 0.25) is 0 Å². The molecule has 0 spiro atoms. The van der Waals surface area contributed by atoms with Gasteiger partial charge in [0.25, 0.3) is 0 Å². The van der Waals surface area contributed by atoms with Crippen molar-refractivity contribution in [2.45, 2.75) is 85.2 Å². The smallest absolute Gasteiger partial charge is 0.312 e. The third-order valence-corrected chi connectivity index (χ3v) is 5.31. The zero-order chi connectivity index (χ0) is 17.0. The molecule has 0 aromatic carbocycles. The number of ether oxygens (including phenoxy) is 2. The molecule has 1 fully saturated rings. The van der Waals surface area contributed by atoms with Crippen LogP contribution in [-0.2, 0) is 19.1 Å². The van der Waals surface area contributed by atoms with Gasteiger partial charge in [0.2, 0.25) is 0 Å². The van der Waals surface area contributed by atoms with E-state index in [1.807, 2.05) is 27.7 Å². The maximum atomic E-state index is 12.7. The van der Waals surface area contributed by atoms with E-state index in [1.165, 1.54) is 7.11 Å². The van der Waals surface area contributed by atoms with Crippen LogP contribution in [-0.4, -0.2) is 24.6 Å². The second-order valence-corrected chi connectivity index (χ2v) is 7.60. The fourth-order valence-electron chi connectivity index (χ4n) is 3.52. The van der Waals surface area contributed by atoms with Crippen molar-refractivity contribution in [3.05, 3.63) is 0 Å². The highest BCUT2D eigenvalue weighted by Crippen LogP contribution is 2.42. The molecule has 0 heterocycles. The highest BCUT2D eigenvalue weighted by atomic mass is 16.6. The summed E-state index contributed by atoms with van der Waals surface area (Å²) in [6.45, 7) is 9.62. The molecule has 0 aromatic rings. The number of carbonyl (C=O) groups is 2. The minimum absolute atomic E-state index is 0.195. The zero-order valence-electron chi connectivity index (χ0n) is 15.1. The van der Waals surface area contributed by atoms with Crippen molar-refractivity contribution in [2.24, 2.45) is 10.8 Å². The maximum absolute atomic E-state index is 12.7. The molecular formula is C18H32O4. The molecule has 1 aliphatic carbocycles. The van der Waals surface area contributed by atoms with E-state index >= 15 is 0 Å². The van der Waals surface area contributed by atoms with Gasteiger partial charge in [-0.15, -0.1) is 0 Å². The Hall–Kier alpha value is -1.06. The lowest BCUT2D eigenvalue weighted by Gasteiger charge is -2.36. The Morgan fingerprint density at radius 1 is 1.05 bits per heavy atom. The average Bonchev–Trinajstić information content (AvgIpc) is 2.94. The van der Waals surface area contributed by atoms with E-state index in [1.54, 1.807) is 0 Å². The van der Waals surface area contributed by atoms with Crippen molar-refractivity contribution in [3.8, 4) is 0 Å². The molecular weight excluding hydrogens is 280 g/mol. The first-order valence-electron chi connectivity index (χ1n) is 8.46. The first-order chi connectivity index (χ1) is 10.1. The van der Waals surface area contributed by atoms with Gasteiger partial charge in [0.05, 0.1) is 17.9 Å². The van der Waals surface area contributed by atoms with Crippen LogP contribution >= 0.6 is 0 Å². The molecule has 128 valence electrons. The minimum Gasteiger partial charge on any atom is -0.469 e. The maximum Gasteiger partial charge on any atom is 0.312 e. The van der Waals surface area contributed by atoms with E-state index in [-0.39, 0.29) is 17.5 Å². The van der Waals surface area contributed by atoms with Gasteiger partial charge in [0.15, 0.2) is 0 Å². The Bertz CT molecular complexity index is 407. The summed E-state index contributed by atoms with van der Waals surface area (Å²) in [5.74, 6) is -0.457. The van der Waals surface area contributed by atoms with Crippen molar-refractivity contribution in [1.29, 1.82) is 0 Å². The van der Waals surface area contributed by atoms with Crippen molar-refractivity contribution in [2.75, 3.05) is 7.11 Å². The van der Waals surface area contributed by atoms with Crippen LogP contribution in [0.1, 0.15) is 79.6 Å². The summed E-state index contributed by atoms with van der Waals surface area (Å²) >= 11 is 0. The lowest BCUT2D eigenvalue weighted by Crippen LogP contribution is -2.42. The molecule has 0 saturated heterocycles. The standard InChI is InChI=1S/C18H32O4/c1-7-17(5,15(20)21-6)13-16(3,4)14(19)22-18(8-2)11-9-10-12-18/h7-13H2,1-6H3. The number of hydrogen-bond donors (Lipinski definition) is 0. The van der Waals surface area contributed by atoms with Gasteiger partial charge in [-0.25, -0.2) is 0 Å². The number of esters is 2. The second-order valence-electron chi connectivity index (χ2n) is 7.60. The normalized spacial score (nSPS) is 20.3. The minimum atomic E-state index is -0.705. The predicted octanol–water partition coefficient (Wildman–Crippen LogP) is 4.26. The molecule has 4 heteroatoms. The molecule has 0 amide bonds. The van der Waals surface area contributed by atoms with Crippen LogP contribution in [0, 0.1) is 10.8 Å². The third-order valence-electron chi connectivity index (χ3n) is 5.31. The fraction of sp³-hybridized carbons (Fsp3) is 0.889. The van der Waals surface area contributed by atoms with Crippen molar-refractivity contribution < 1.29 is 19.1 Å². The van der Waals surface area contributed by atoms with Crippen LogP contribution in [0.5, 0.6) is 0 Å². The molecule has 1 atom stereocenters. The van der Waals surface area contributed by atoms with Crippen molar-refractivity contribution >= 4 is 11.9 Å². The Morgan fingerprint density at radius 2 is 1.59 bits per heavy atom. The molecule has 1 saturated carbocycles. The van der Waals surface area contributed by atoms with E-state index in [2.05, 4.69) is 6.92 Å². The Morgan fingerprint density at radius 3 is 2.00 bits per heavy atom. The Balaban J connectivity index is 2.84. The molecule has 1 unspecified atom stereocenters. The summed E-state index contributed by atoms with van der Waals surface area (Å²) in [7, 11) is 1.40. The van der Waals surface area contributed by atoms with Crippen LogP contribution in [0.4, 0.5) is 0 Å². The molecule has 1 rings (SSSR count). The fourth-order valence-corrected chi connectivity index (χ4v) is 3.52. The summed E-state index contributed by atoms with van der Waals surface area (Å²) < 4.78 is 10.8. The van der Waals surface area contributed by atoms with Gasteiger partial charge in [0.1, 0.15) is 5.60 Å². The van der Waals surface area contributed by atoms with Gasteiger partial charge >= 0.3 is 11.9 Å². The van der Waals surface area contributed by atoms with Gasteiger partial charge in [-0.05, 0) is 65.7 Å². The van der Waals surface area contributed by atoms with Crippen LogP contribution in [0.25, 0.3) is 0 Å². The molecule has 0 N–H and O–H groups in total. The van der Waals surface area contributed by atoms with Gasteiger partial charge in [-0.1, -0.05) is 13.8 Å². The van der Waals surface area contributed by atoms with Crippen molar-refractivity contribution in [3.63, 3.8) is 0 Å². The SMILES string of the molecule is CCC1(OC(=O)C(C)(C)CC(C)(CC)C(=O)OC)CCCC1. The van der Waals surface area contributed by atoms with Gasteiger partial charge in [0, 0.05) is 0 Å². The first kappa shape index (κ1) is 19.0. The van der Waals surface area contributed by atoms with E-state index in [4.69, 9.17) is 9.47 Å². The number of carbonyl (C=O) groups excluding carboxylic acids is 2. The van der Waals surface area contributed by atoms with E-state index < -0.39 is 10.8 Å². The topological polar surface area (TPSA) is 52.6 Å². The molecule has 0 bridgehead atoms. The van der Waals surface area contributed by atoms with Crippen LogP contribution in [0.3, 0.4) is 0 Å². The summed E-state index contributed by atoms with van der Waals surface area (Å²) in [5.41, 5.74) is -1.65. The average molecular weight is 312 g/mol. The van der Waals surface area contributed by atoms with E-state index in [0.717, 1.165) is 32.1 Å². The quantitative estimate of drug-likeness (QED) is 0.659. The molecule has 1 aliphatic rings. The predicted molar refractivity (Wildman–Crippen MR) is 86.4 cm³/mol. The van der Waals surface area contributed by atoms with E-state index in [0.29, 0.717) is 12.8 Å². The highest BCUT2D eigenvalue weighted by Gasteiger charge is 2.45. The monoisotopic (exact) mass is 312 g/mol. The summed E-state index contributed by atoms with van der Waals surface area (Å²) in [6.07, 6.45) is 6.07. The van der Waals surface area contributed by atoms with Crippen LogP contribution < -0.4 is 0 Å².